The predicted molar refractivity (Wildman–Crippen MR) is 94.7 cm³/mol. The first kappa shape index (κ1) is 19.1. The number of anilines is 1. The first-order valence-electron chi connectivity index (χ1n) is 7.31. The molecule has 7 heteroatoms. The Hall–Kier alpha value is -0.920. The van der Waals surface area contributed by atoms with Crippen LogP contribution in [0.15, 0.2) is 24.3 Å². The summed E-state index contributed by atoms with van der Waals surface area (Å²) in [7, 11) is -1.08. The van der Waals surface area contributed by atoms with Crippen molar-refractivity contribution in [2.75, 3.05) is 15.8 Å². The summed E-state index contributed by atoms with van der Waals surface area (Å²) in [6.45, 7) is 0. The zero-order valence-corrected chi connectivity index (χ0v) is 14.9. The predicted octanol–water partition coefficient (Wildman–Crippen LogP) is 2.67. The lowest BCUT2D eigenvalue weighted by molar-refractivity contribution is -0.138. The lowest BCUT2D eigenvalue weighted by atomic mass is 10.1. The number of nitrogens with one attached hydrogen (secondary N) is 1. The minimum atomic E-state index is -1.08. The summed E-state index contributed by atoms with van der Waals surface area (Å²) in [6, 6.07) is 6.31. The molecule has 0 aliphatic rings. The zero-order chi connectivity index (χ0) is 16.4. The summed E-state index contributed by atoms with van der Waals surface area (Å²) in [5.74, 6) is -0.378. The maximum absolute atomic E-state index is 11.9. The monoisotopic (exact) mass is 390 g/mol. The van der Waals surface area contributed by atoms with Gasteiger partial charge in [0.2, 0.25) is 0 Å². The number of benzene rings is 1. The third kappa shape index (κ3) is 7.91. The van der Waals surface area contributed by atoms with Crippen molar-refractivity contribution in [2.45, 2.75) is 38.1 Å². The number of hydrogen-bond acceptors (Lipinski definition) is 3. The summed E-state index contributed by atoms with van der Waals surface area (Å²) in [5, 5.41) is 9.79. The van der Waals surface area contributed by atoms with Gasteiger partial charge in [-0.2, -0.15) is 0 Å². The molecule has 0 aliphatic heterocycles. The number of carbonyl (C=O) groups is 1. The van der Waals surface area contributed by atoms with Crippen molar-refractivity contribution in [2.24, 2.45) is 5.73 Å². The molecule has 1 aromatic carbocycles. The van der Waals surface area contributed by atoms with E-state index in [0.717, 1.165) is 42.3 Å². The molecule has 0 bridgehead atoms. The van der Waals surface area contributed by atoms with Crippen LogP contribution >= 0.6 is 15.9 Å². The molecule has 1 unspecified atom stereocenters. The van der Waals surface area contributed by atoms with Gasteiger partial charge in [0.05, 0.1) is 0 Å². The molecule has 0 spiro atoms. The van der Waals surface area contributed by atoms with Crippen molar-refractivity contribution in [1.29, 1.82) is 0 Å². The van der Waals surface area contributed by atoms with Gasteiger partial charge < -0.3 is 15.6 Å². The highest BCUT2D eigenvalue weighted by atomic mass is 79.9. The lowest BCUT2D eigenvalue weighted by Crippen LogP contribution is -2.32. The minimum Gasteiger partial charge on any atom is -0.480 e. The van der Waals surface area contributed by atoms with Gasteiger partial charge in [0.1, 0.15) is 17.0 Å². The highest BCUT2D eigenvalue weighted by Gasteiger charge is 2.11. The quantitative estimate of drug-likeness (QED) is 0.400. The van der Waals surface area contributed by atoms with Crippen LogP contribution in [-0.2, 0) is 22.2 Å². The SMILES string of the molecule is N[C@@H](Cc1ccc(NS(=O)CCCCCCBr)cc1)C(=O)O. The molecule has 0 fully saturated rings. The van der Waals surface area contributed by atoms with Crippen molar-refractivity contribution in [3.8, 4) is 0 Å². The average molecular weight is 391 g/mol. The van der Waals surface area contributed by atoms with E-state index in [1.165, 1.54) is 0 Å². The van der Waals surface area contributed by atoms with Gasteiger partial charge in [0.25, 0.3) is 0 Å². The molecular weight excluding hydrogens is 368 g/mol. The van der Waals surface area contributed by atoms with E-state index < -0.39 is 23.0 Å². The molecule has 4 N–H and O–H groups in total. The fraction of sp³-hybridized carbons (Fsp3) is 0.533. The maximum atomic E-state index is 11.9. The minimum absolute atomic E-state index is 0.284. The smallest absolute Gasteiger partial charge is 0.320 e. The fourth-order valence-electron chi connectivity index (χ4n) is 1.91. The van der Waals surface area contributed by atoms with Gasteiger partial charge in [-0.1, -0.05) is 40.9 Å². The number of halogens is 1. The number of rotatable bonds is 11. The standard InChI is InChI=1S/C15H23BrN2O3S/c16-9-3-1-2-4-10-22(21)18-13-7-5-12(6-8-13)11-14(17)15(19)20/h5-8,14,18H,1-4,9-11,17H2,(H,19,20)/t14-,22?/m0/s1. The number of alkyl halides is 1. The second kappa shape index (κ2) is 10.7. The highest BCUT2D eigenvalue weighted by Crippen LogP contribution is 2.12. The Morgan fingerprint density at radius 1 is 1.23 bits per heavy atom. The van der Waals surface area contributed by atoms with Crippen LogP contribution in [0.4, 0.5) is 5.69 Å². The van der Waals surface area contributed by atoms with E-state index in [4.69, 9.17) is 10.8 Å². The van der Waals surface area contributed by atoms with Gasteiger partial charge in [0, 0.05) is 16.8 Å². The third-order valence-corrected chi connectivity index (χ3v) is 4.86. The molecule has 124 valence electrons. The molecule has 0 amide bonds. The van der Waals surface area contributed by atoms with Crippen LogP contribution in [0.25, 0.3) is 0 Å². The molecule has 5 nitrogen and oxygen atoms in total. The van der Waals surface area contributed by atoms with E-state index in [1.54, 1.807) is 24.3 Å². The number of unbranched alkanes of at least 4 members (excludes halogenated alkanes) is 3. The Bertz CT molecular complexity index is 482. The number of aliphatic carboxylic acids is 1. The Kier molecular flexibility index (Phi) is 9.34. The summed E-state index contributed by atoms with van der Waals surface area (Å²) in [4.78, 5) is 10.7. The van der Waals surface area contributed by atoms with Crippen molar-refractivity contribution in [1.82, 2.24) is 0 Å². The molecule has 1 rings (SSSR count). The van der Waals surface area contributed by atoms with Gasteiger partial charge in [0.15, 0.2) is 0 Å². The Morgan fingerprint density at radius 3 is 2.45 bits per heavy atom. The van der Waals surface area contributed by atoms with Crippen LogP contribution < -0.4 is 10.5 Å². The van der Waals surface area contributed by atoms with Gasteiger partial charge in [-0.3, -0.25) is 4.79 Å². The number of hydrogen-bond donors (Lipinski definition) is 3. The summed E-state index contributed by atoms with van der Waals surface area (Å²) in [5.41, 5.74) is 7.11. The number of carboxylic acid groups (broad SMARTS) is 1. The molecule has 22 heavy (non-hydrogen) atoms. The van der Waals surface area contributed by atoms with E-state index in [-0.39, 0.29) is 6.42 Å². The van der Waals surface area contributed by atoms with E-state index in [2.05, 4.69) is 20.7 Å². The Labute approximate surface area is 142 Å². The maximum Gasteiger partial charge on any atom is 0.320 e. The summed E-state index contributed by atoms with van der Waals surface area (Å²) >= 11 is 3.39. The lowest BCUT2D eigenvalue weighted by Gasteiger charge is -2.09. The normalized spacial score (nSPS) is 13.5. The van der Waals surface area contributed by atoms with Crippen LogP contribution in [0.3, 0.4) is 0 Å². The zero-order valence-electron chi connectivity index (χ0n) is 12.5. The fourth-order valence-corrected chi connectivity index (χ4v) is 3.28. The first-order valence-corrected chi connectivity index (χ1v) is 9.75. The van der Waals surface area contributed by atoms with Crippen LogP contribution in [0.1, 0.15) is 31.2 Å². The first-order chi connectivity index (χ1) is 10.5. The summed E-state index contributed by atoms with van der Waals surface area (Å²) < 4.78 is 14.8. The number of carboxylic acids is 1. The molecule has 0 heterocycles. The Balaban J connectivity index is 2.34. The highest BCUT2D eigenvalue weighted by molar-refractivity contribution is 9.09. The molecular formula is C15H23BrN2O3S. The average Bonchev–Trinajstić information content (AvgIpc) is 2.49. The molecule has 0 aliphatic carbocycles. The van der Waals surface area contributed by atoms with Gasteiger partial charge in [-0.15, -0.1) is 0 Å². The molecule has 0 saturated heterocycles. The van der Waals surface area contributed by atoms with Crippen LogP contribution in [0.5, 0.6) is 0 Å². The second-order valence-corrected chi connectivity index (χ2v) is 7.20. The van der Waals surface area contributed by atoms with Crippen molar-refractivity contribution >= 4 is 38.6 Å². The van der Waals surface area contributed by atoms with Crippen LogP contribution in [0.2, 0.25) is 0 Å². The molecule has 0 saturated carbocycles. The van der Waals surface area contributed by atoms with Gasteiger partial charge in [-0.05, 0) is 37.0 Å². The molecule has 2 atom stereocenters. The van der Waals surface area contributed by atoms with Gasteiger partial charge >= 0.3 is 5.97 Å². The Morgan fingerprint density at radius 2 is 1.86 bits per heavy atom. The van der Waals surface area contributed by atoms with Crippen molar-refractivity contribution in [3.05, 3.63) is 29.8 Å². The summed E-state index contributed by atoms with van der Waals surface area (Å²) in [6.07, 6.45) is 4.62. The van der Waals surface area contributed by atoms with Crippen molar-refractivity contribution < 1.29 is 14.1 Å². The van der Waals surface area contributed by atoms with E-state index in [1.807, 2.05) is 0 Å². The second-order valence-electron chi connectivity index (χ2n) is 5.10. The molecule has 0 aromatic heterocycles. The van der Waals surface area contributed by atoms with E-state index in [9.17, 15) is 9.00 Å². The number of nitrogens with two attached hydrogens (primary N) is 1. The molecule has 0 radical (unpaired) electrons. The van der Waals surface area contributed by atoms with Gasteiger partial charge in [-0.25, -0.2) is 4.21 Å². The molecule has 1 aromatic rings. The van der Waals surface area contributed by atoms with Crippen LogP contribution in [0, 0.1) is 0 Å². The largest absolute Gasteiger partial charge is 0.480 e. The topological polar surface area (TPSA) is 92.4 Å². The van der Waals surface area contributed by atoms with Crippen molar-refractivity contribution in [3.63, 3.8) is 0 Å². The van der Waals surface area contributed by atoms with E-state index in [0.29, 0.717) is 5.75 Å². The van der Waals surface area contributed by atoms with E-state index >= 15 is 0 Å². The van der Waals surface area contributed by atoms with Crippen LogP contribution in [-0.4, -0.2) is 32.4 Å². The third-order valence-electron chi connectivity index (χ3n) is 3.17.